The second kappa shape index (κ2) is 9.51. The van der Waals surface area contributed by atoms with Gasteiger partial charge in [0.2, 0.25) is 0 Å². The third-order valence-electron chi connectivity index (χ3n) is 4.23. The van der Waals surface area contributed by atoms with Crippen molar-refractivity contribution in [2.75, 3.05) is 27.3 Å². The van der Waals surface area contributed by atoms with Crippen molar-refractivity contribution in [2.45, 2.75) is 25.7 Å². The molecule has 1 N–H and O–H groups in total. The lowest BCUT2D eigenvalue weighted by Gasteiger charge is -2.27. The lowest BCUT2D eigenvalue weighted by Crippen LogP contribution is -2.34. The third-order valence-corrected chi connectivity index (χ3v) is 4.23. The SMILES string of the molecule is COc1cccc(COCC(O)CN(C)C(C)c2ccc(F)cc2)c1. The number of likely N-dealkylation sites (N-methyl/N-ethyl adjacent to an activating group) is 1. The minimum absolute atomic E-state index is 0.0774. The summed E-state index contributed by atoms with van der Waals surface area (Å²) in [6.45, 7) is 3.16. The van der Waals surface area contributed by atoms with E-state index in [1.54, 1.807) is 19.2 Å². The van der Waals surface area contributed by atoms with E-state index < -0.39 is 6.10 Å². The number of benzene rings is 2. The molecule has 0 saturated carbocycles. The van der Waals surface area contributed by atoms with Gasteiger partial charge in [0.25, 0.3) is 0 Å². The van der Waals surface area contributed by atoms with E-state index in [0.29, 0.717) is 13.2 Å². The largest absolute Gasteiger partial charge is 0.497 e. The van der Waals surface area contributed by atoms with Crippen LogP contribution in [0.25, 0.3) is 0 Å². The van der Waals surface area contributed by atoms with Crippen LogP contribution >= 0.6 is 0 Å². The van der Waals surface area contributed by atoms with E-state index >= 15 is 0 Å². The first-order valence-corrected chi connectivity index (χ1v) is 8.34. The number of methoxy groups -OCH3 is 1. The van der Waals surface area contributed by atoms with Gasteiger partial charge in [-0.3, -0.25) is 4.90 Å². The molecule has 0 bridgehead atoms. The van der Waals surface area contributed by atoms with Crippen LogP contribution in [0.5, 0.6) is 5.75 Å². The number of hydrogen-bond acceptors (Lipinski definition) is 4. The summed E-state index contributed by atoms with van der Waals surface area (Å²) in [6.07, 6.45) is -0.599. The number of nitrogens with zero attached hydrogens (tertiary/aromatic N) is 1. The zero-order chi connectivity index (χ0) is 18.2. The summed E-state index contributed by atoms with van der Waals surface area (Å²) in [5.41, 5.74) is 2.01. The molecular weight excluding hydrogens is 321 g/mol. The monoisotopic (exact) mass is 347 g/mol. The second-order valence-corrected chi connectivity index (χ2v) is 6.19. The number of halogens is 1. The van der Waals surface area contributed by atoms with Crippen molar-refractivity contribution < 1.29 is 19.0 Å². The van der Waals surface area contributed by atoms with E-state index in [-0.39, 0.29) is 18.5 Å². The molecule has 2 atom stereocenters. The van der Waals surface area contributed by atoms with Gasteiger partial charge in [-0.2, -0.15) is 0 Å². The van der Waals surface area contributed by atoms with Crippen LogP contribution in [0.15, 0.2) is 48.5 Å². The first-order chi connectivity index (χ1) is 12.0. The Morgan fingerprint density at radius 3 is 2.56 bits per heavy atom. The van der Waals surface area contributed by atoms with Crippen LogP contribution in [0.2, 0.25) is 0 Å². The highest BCUT2D eigenvalue weighted by atomic mass is 19.1. The molecule has 0 radical (unpaired) electrons. The number of aliphatic hydroxyl groups is 1. The maximum atomic E-state index is 13.0. The molecule has 2 aromatic carbocycles. The Bertz CT molecular complexity index is 648. The van der Waals surface area contributed by atoms with E-state index in [0.717, 1.165) is 16.9 Å². The highest BCUT2D eigenvalue weighted by Crippen LogP contribution is 2.19. The Hall–Kier alpha value is -1.95. The molecule has 0 aliphatic heterocycles. The molecule has 4 nitrogen and oxygen atoms in total. The summed E-state index contributed by atoms with van der Waals surface area (Å²) in [5.74, 6) is 0.541. The van der Waals surface area contributed by atoms with Crippen LogP contribution in [0.4, 0.5) is 4.39 Å². The van der Waals surface area contributed by atoms with Gasteiger partial charge >= 0.3 is 0 Å². The molecule has 0 spiro atoms. The van der Waals surface area contributed by atoms with Crippen molar-refractivity contribution >= 4 is 0 Å². The second-order valence-electron chi connectivity index (χ2n) is 6.19. The van der Waals surface area contributed by atoms with E-state index in [1.807, 2.05) is 43.1 Å². The first-order valence-electron chi connectivity index (χ1n) is 8.34. The van der Waals surface area contributed by atoms with Crippen molar-refractivity contribution in [3.8, 4) is 5.75 Å². The van der Waals surface area contributed by atoms with Crippen LogP contribution in [0.3, 0.4) is 0 Å². The van der Waals surface area contributed by atoms with E-state index in [9.17, 15) is 9.50 Å². The van der Waals surface area contributed by atoms with Gasteiger partial charge in [-0.05, 0) is 49.4 Å². The molecular formula is C20H26FNO3. The first kappa shape index (κ1) is 19.4. The molecule has 2 rings (SSSR count). The fraction of sp³-hybridized carbons (Fsp3) is 0.400. The van der Waals surface area contributed by atoms with E-state index in [2.05, 4.69) is 0 Å². The van der Waals surface area contributed by atoms with Crippen LogP contribution < -0.4 is 4.74 Å². The van der Waals surface area contributed by atoms with Crippen LogP contribution in [-0.2, 0) is 11.3 Å². The van der Waals surface area contributed by atoms with Gasteiger partial charge in [0.15, 0.2) is 0 Å². The molecule has 0 aliphatic rings. The molecule has 0 saturated heterocycles. The van der Waals surface area contributed by atoms with Crippen LogP contribution in [0.1, 0.15) is 24.1 Å². The molecule has 0 amide bonds. The normalized spacial score (nSPS) is 13.7. The molecule has 136 valence electrons. The van der Waals surface area contributed by atoms with Gasteiger partial charge in [0, 0.05) is 12.6 Å². The molecule has 5 heteroatoms. The Labute approximate surface area is 148 Å². The lowest BCUT2D eigenvalue weighted by atomic mass is 10.1. The predicted octanol–water partition coefficient (Wildman–Crippen LogP) is 3.40. The van der Waals surface area contributed by atoms with Crippen molar-refractivity contribution in [1.29, 1.82) is 0 Å². The molecule has 0 aromatic heterocycles. The lowest BCUT2D eigenvalue weighted by molar-refractivity contribution is 0.00850. The number of hydrogen-bond donors (Lipinski definition) is 1. The van der Waals surface area contributed by atoms with Crippen molar-refractivity contribution in [3.63, 3.8) is 0 Å². The smallest absolute Gasteiger partial charge is 0.123 e. The molecule has 2 unspecified atom stereocenters. The minimum atomic E-state index is -0.599. The molecule has 0 fully saturated rings. The zero-order valence-corrected chi connectivity index (χ0v) is 15.0. The van der Waals surface area contributed by atoms with Crippen molar-refractivity contribution in [1.82, 2.24) is 4.90 Å². The highest BCUT2D eigenvalue weighted by molar-refractivity contribution is 5.27. The highest BCUT2D eigenvalue weighted by Gasteiger charge is 2.15. The topological polar surface area (TPSA) is 41.9 Å². The number of ether oxygens (including phenoxy) is 2. The van der Waals surface area contributed by atoms with Gasteiger partial charge in [0.1, 0.15) is 11.6 Å². The summed E-state index contributed by atoms with van der Waals surface area (Å²) >= 11 is 0. The van der Waals surface area contributed by atoms with Crippen molar-refractivity contribution in [2.24, 2.45) is 0 Å². The zero-order valence-electron chi connectivity index (χ0n) is 15.0. The Morgan fingerprint density at radius 1 is 1.16 bits per heavy atom. The van der Waals surface area contributed by atoms with Crippen LogP contribution in [-0.4, -0.2) is 43.4 Å². The summed E-state index contributed by atoms with van der Waals surface area (Å²) in [4.78, 5) is 2.02. The van der Waals surface area contributed by atoms with Gasteiger partial charge in [-0.25, -0.2) is 4.39 Å². The van der Waals surface area contributed by atoms with Gasteiger partial charge < -0.3 is 14.6 Å². The summed E-state index contributed by atoms with van der Waals surface area (Å²) in [6, 6.07) is 14.2. The number of rotatable bonds is 9. The van der Waals surface area contributed by atoms with E-state index in [1.165, 1.54) is 12.1 Å². The summed E-state index contributed by atoms with van der Waals surface area (Å²) in [5, 5.41) is 10.2. The van der Waals surface area contributed by atoms with Gasteiger partial charge in [0.05, 0.1) is 26.4 Å². The Balaban J connectivity index is 1.76. The molecule has 25 heavy (non-hydrogen) atoms. The quantitative estimate of drug-likeness (QED) is 0.755. The Morgan fingerprint density at radius 2 is 1.88 bits per heavy atom. The third kappa shape index (κ3) is 6.12. The average molecular weight is 347 g/mol. The van der Waals surface area contributed by atoms with E-state index in [4.69, 9.17) is 9.47 Å². The fourth-order valence-corrected chi connectivity index (χ4v) is 2.61. The number of aliphatic hydroxyl groups excluding tert-OH is 1. The van der Waals surface area contributed by atoms with Gasteiger partial charge in [-0.1, -0.05) is 24.3 Å². The molecule has 2 aromatic rings. The maximum absolute atomic E-state index is 13.0. The fourth-order valence-electron chi connectivity index (χ4n) is 2.61. The Kier molecular flexibility index (Phi) is 7.37. The molecule has 0 heterocycles. The van der Waals surface area contributed by atoms with Crippen molar-refractivity contribution in [3.05, 3.63) is 65.5 Å². The van der Waals surface area contributed by atoms with Gasteiger partial charge in [-0.15, -0.1) is 0 Å². The summed E-state index contributed by atoms with van der Waals surface area (Å²) < 4.78 is 23.8. The maximum Gasteiger partial charge on any atom is 0.123 e. The standard InChI is InChI=1S/C20H26FNO3/c1-15(17-7-9-18(21)10-8-17)22(2)12-19(23)14-25-13-16-5-4-6-20(11-16)24-3/h4-11,15,19,23H,12-14H2,1-3H3. The average Bonchev–Trinajstić information content (AvgIpc) is 2.62. The molecule has 0 aliphatic carbocycles. The minimum Gasteiger partial charge on any atom is -0.497 e. The predicted molar refractivity (Wildman–Crippen MR) is 96.1 cm³/mol. The van der Waals surface area contributed by atoms with Crippen LogP contribution in [0, 0.1) is 5.82 Å². The summed E-state index contributed by atoms with van der Waals surface area (Å²) in [7, 11) is 3.56.